The number of thiophene rings is 1. The average molecular weight is 459 g/mol. The molecule has 0 unspecified atom stereocenters. The first-order valence-electron chi connectivity index (χ1n) is 11.7. The normalized spacial score (nSPS) is 16.9. The van der Waals surface area contributed by atoms with Crippen molar-refractivity contribution in [2.24, 2.45) is 5.92 Å². The van der Waals surface area contributed by atoms with Crippen LogP contribution in [0.5, 0.6) is 0 Å². The van der Waals surface area contributed by atoms with Crippen molar-refractivity contribution >= 4 is 33.3 Å². The fourth-order valence-electron chi connectivity index (χ4n) is 4.61. The maximum atomic E-state index is 12.7. The topological polar surface area (TPSA) is 71.3 Å². The van der Waals surface area contributed by atoms with E-state index in [2.05, 4.69) is 39.9 Å². The maximum Gasteiger partial charge on any atom is 0.223 e. The van der Waals surface area contributed by atoms with E-state index in [0.29, 0.717) is 12.5 Å². The third-order valence-electron chi connectivity index (χ3n) is 6.64. The minimum atomic E-state index is 0.0208. The molecule has 0 radical (unpaired) electrons. The van der Waals surface area contributed by atoms with Crippen molar-refractivity contribution in [2.75, 3.05) is 18.0 Å². The lowest BCUT2D eigenvalue weighted by Gasteiger charge is -2.33. The minimum absolute atomic E-state index is 0.0208. The van der Waals surface area contributed by atoms with Gasteiger partial charge < -0.3 is 14.6 Å². The number of nitrogens with one attached hydrogen (secondary N) is 1. The van der Waals surface area contributed by atoms with Gasteiger partial charge in [0.1, 0.15) is 22.2 Å². The van der Waals surface area contributed by atoms with E-state index in [4.69, 9.17) is 14.4 Å². The molecule has 2 aliphatic rings. The highest BCUT2D eigenvalue weighted by Crippen LogP contribution is 2.44. The molecular formula is C26H26N4O2S. The number of carbonyl (C=O) groups excluding carboxylic acids is 1. The summed E-state index contributed by atoms with van der Waals surface area (Å²) in [5.74, 6) is 3.43. The molecule has 4 heterocycles. The van der Waals surface area contributed by atoms with Gasteiger partial charge in [0, 0.05) is 35.9 Å². The number of furan rings is 1. The monoisotopic (exact) mass is 458 g/mol. The van der Waals surface area contributed by atoms with Gasteiger partial charge in [0.15, 0.2) is 0 Å². The molecule has 0 spiro atoms. The Bertz CT molecular complexity index is 1260. The van der Waals surface area contributed by atoms with E-state index in [1.54, 1.807) is 17.6 Å². The predicted octanol–water partition coefficient (Wildman–Crippen LogP) is 5.36. The number of amides is 1. The van der Waals surface area contributed by atoms with Crippen molar-refractivity contribution in [1.29, 1.82) is 0 Å². The van der Waals surface area contributed by atoms with Crippen molar-refractivity contribution in [1.82, 2.24) is 15.3 Å². The number of carbonyl (C=O) groups is 1. The van der Waals surface area contributed by atoms with Gasteiger partial charge in [0.2, 0.25) is 5.91 Å². The van der Waals surface area contributed by atoms with E-state index in [-0.39, 0.29) is 11.8 Å². The molecule has 6 rings (SSSR count). The van der Waals surface area contributed by atoms with Crippen LogP contribution in [-0.4, -0.2) is 29.0 Å². The second-order valence-corrected chi connectivity index (χ2v) is 9.79. The van der Waals surface area contributed by atoms with E-state index < -0.39 is 0 Å². The molecule has 1 saturated heterocycles. The largest absolute Gasteiger partial charge is 0.467 e. The lowest BCUT2D eigenvalue weighted by Crippen LogP contribution is -2.40. The number of hydrogen-bond donors (Lipinski definition) is 1. The first-order chi connectivity index (χ1) is 16.3. The van der Waals surface area contributed by atoms with Gasteiger partial charge in [-0.2, -0.15) is 0 Å². The highest BCUT2D eigenvalue weighted by Gasteiger charge is 2.31. The fourth-order valence-corrected chi connectivity index (χ4v) is 5.56. The minimum Gasteiger partial charge on any atom is -0.467 e. The van der Waals surface area contributed by atoms with Crippen LogP contribution in [0, 0.1) is 5.92 Å². The van der Waals surface area contributed by atoms with Crippen LogP contribution in [0.4, 0.5) is 5.82 Å². The molecule has 7 heteroatoms. The van der Waals surface area contributed by atoms with Crippen LogP contribution < -0.4 is 10.2 Å². The van der Waals surface area contributed by atoms with Gasteiger partial charge in [-0.05, 0) is 43.4 Å². The number of piperidine rings is 1. The Morgan fingerprint density at radius 2 is 1.88 bits per heavy atom. The van der Waals surface area contributed by atoms with Crippen molar-refractivity contribution in [2.45, 2.75) is 38.1 Å². The smallest absolute Gasteiger partial charge is 0.223 e. The summed E-state index contributed by atoms with van der Waals surface area (Å²) >= 11 is 1.71. The molecule has 3 aromatic heterocycles. The second-order valence-electron chi connectivity index (χ2n) is 8.93. The van der Waals surface area contributed by atoms with Gasteiger partial charge in [0.25, 0.3) is 0 Å². The zero-order valence-electron chi connectivity index (χ0n) is 18.4. The summed E-state index contributed by atoms with van der Waals surface area (Å²) < 4.78 is 5.33. The highest BCUT2D eigenvalue weighted by molar-refractivity contribution is 7.17. The van der Waals surface area contributed by atoms with E-state index >= 15 is 0 Å². The van der Waals surface area contributed by atoms with Crippen LogP contribution >= 0.6 is 11.3 Å². The predicted molar refractivity (Wildman–Crippen MR) is 130 cm³/mol. The first kappa shape index (κ1) is 20.4. The Hall–Kier alpha value is -3.19. The fraction of sp³-hybridized carbons (Fsp3) is 0.346. The summed E-state index contributed by atoms with van der Waals surface area (Å²) in [6.07, 6.45) is 5.63. The number of anilines is 1. The number of hydrogen-bond acceptors (Lipinski definition) is 6. The Kier molecular flexibility index (Phi) is 5.34. The molecule has 1 amide bonds. The van der Waals surface area contributed by atoms with Crippen LogP contribution in [-0.2, 0) is 11.3 Å². The number of benzene rings is 1. The van der Waals surface area contributed by atoms with Gasteiger partial charge in [-0.3, -0.25) is 4.79 Å². The number of rotatable bonds is 6. The first-order valence-corrected chi connectivity index (χ1v) is 12.5. The molecule has 1 saturated carbocycles. The van der Waals surface area contributed by atoms with Crippen LogP contribution in [0.25, 0.3) is 21.3 Å². The van der Waals surface area contributed by atoms with Gasteiger partial charge in [-0.25, -0.2) is 9.97 Å². The van der Waals surface area contributed by atoms with E-state index in [9.17, 15) is 4.79 Å². The molecule has 1 aromatic carbocycles. The zero-order chi connectivity index (χ0) is 22.2. The maximum absolute atomic E-state index is 12.7. The molecular weight excluding hydrogens is 432 g/mol. The van der Waals surface area contributed by atoms with Crippen molar-refractivity contribution in [3.05, 3.63) is 65.7 Å². The standard InChI is InChI=1S/C26H26N4O2S/c31-25(27-15-20-7-4-14-32-20)19-10-12-30(13-11-19)24-22-21(17-5-2-1-3-6-17)16-33-26(22)29-23(28-24)18-8-9-18/h1-7,14,16,18-19H,8-13,15H2,(H,27,31). The van der Waals surface area contributed by atoms with Crippen LogP contribution in [0.15, 0.2) is 58.5 Å². The SMILES string of the molecule is O=C(NCc1ccco1)C1CCN(c2nc(C3CC3)nc3scc(-c4ccccc4)c23)CC1. The quantitative estimate of drug-likeness (QED) is 0.421. The lowest BCUT2D eigenvalue weighted by molar-refractivity contribution is -0.125. The van der Waals surface area contributed by atoms with Crippen LogP contribution in [0.1, 0.15) is 43.2 Å². The van der Waals surface area contributed by atoms with Crippen LogP contribution in [0.3, 0.4) is 0 Å². The van der Waals surface area contributed by atoms with E-state index in [0.717, 1.165) is 53.6 Å². The molecule has 1 aliphatic carbocycles. The third-order valence-corrected chi connectivity index (χ3v) is 7.51. The number of fused-ring (bicyclic) bond motifs is 1. The molecule has 33 heavy (non-hydrogen) atoms. The Balaban J connectivity index is 1.25. The molecule has 0 bridgehead atoms. The van der Waals surface area contributed by atoms with Gasteiger partial charge >= 0.3 is 0 Å². The highest BCUT2D eigenvalue weighted by atomic mass is 32.1. The molecule has 1 N–H and O–H groups in total. The number of nitrogens with zero attached hydrogens (tertiary/aromatic N) is 3. The van der Waals surface area contributed by atoms with E-state index in [1.165, 1.54) is 24.0 Å². The summed E-state index contributed by atoms with van der Waals surface area (Å²) in [7, 11) is 0. The molecule has 1 aliphatic heterocycles. The van der Waals surface area contributed by atoms with E-state index in [1.807, 2.05) is 18.2 Å². The van der Waals surface area contributed by atoms with Crippen molar-refractivity contribution < 1.29 is 9.21 Å². The Labute approximate surface area is 196 Å². The van der Waals surface area contributed by atoms with Gasteiger partial charge in [-0.1, -0.05) is 30.3 Å². The summed E-state index contributed by atoms with van der Waals surface area (Å²) in [4.78, 5) is 26.2. The summed E-state index contributed by atoms with van der Waals surface area (Å²) in [6.45, 7) is 2.08. The summed E-state index contributed by atoms with van der Waals surface area (Å²) in [5.41, 5.74) is 2.39. The summed E-state index contributed by atoms with van der Waals surface area (Å²) in [5, 5.41) is 6.38. The summed E-state index contributed by atoms with van der Waals surface area (Å²) in [6, 6.07) is 14.2. The molecule has 2 fully saturated rings. The zero-order valence-corrected chi connectivity index (χ0v) is 19.2. The van der Waals surface area contributed by atoms with Gasteiger partial charge in [0.05, 0.1) is 18.2 Å². The molecule has 168 valence electrons. The van der Waals surface area contributed by atoms with Crippen molar-refractivity contribution in [3.8, 4) is 11.1 Å². The third kappa shape index (κ3) is 4.13. The van der Waals surface area contributed by atoms with Crippen molar-refractivity contribution in [3.63, 3.8) is 0 Å². The Morgan fingerprint density at radius 3 is 2.61 bits per heavy atom. The number of aromatic nitrogens is 2. The van der Waals surface area contributed by atoms with Crippen LogP contribution in [0.2, 0.25) is 0 Å². The molecule has 4 aromatic rings. The lowest BCUT2D eigenvalue weighted by atomic mass is 9.95. The second kappa shape index (κ2) is 8.63. The molecule has 0 atom stereocenters. The average Bonchev–Trinajstić information content (AvgIpc) is 3.41. The Morgan fingerprint density at radius 1 is 1.06 bits per heavy atom. The molecule has 6 nitrogen and oxygen atoms in total. The van der Waals surface area contributed by atoms with Gasteiger partial charge in [-0.15, -0.1) is 11.3 Å².